The summed E-state index contributed by atoms with van der Waals surface area (Å²) in [5.41, 5.74) is 6.61. The number of benzene rings is 1. The fourth-order valence-electron chi connectivity index (χ4n) is 1.31. The first-order valence-corrected chi connectivity index (χ1v) is 5.88. The van der Waals surface area contributed by atoms with Crippen molar-refractivity contribution in [3.8, 4) is 0 Å². The highest BCUT2D eigenvalue weighted by atomic mass is 35.5. The van der Waals surface area contributed by atoms with Crippen LogP contribution >= 0.6 is 34.5 Å². The van der Waals surface area contributed by atoms with Crippen LogP contribution in [0.4, 0.5) is 10.8 Å². The van der Waals surface area contributed by atoms with E-state index in [2.05, 4.69) is 10.3 Å². The Labute approximate surface area is 105 Å². The minimum atomic E-state index is -0.213. The Bertz CT molecular complexity index is 582. The fourth-order valence-corrected chi connectivity index (χ4v) is 2.72. The van der Waals surface area contributed by atoms with E-state index < -0.39 is 0 Å². The normalized spacial score (nSPS) is 10.7. The molecule has 0 saturated heterocycles. The Hall–Kier alpha value is -1.04. The second-order valence-electron chi connectivity index (χ2n) is 3.13. The lowest BCUT2D eigenvalue weighted by atomic mass is 10.3. The SMILES string of the molecule is CC(=O)Nc1cc(Cl)c2nc(N)sc2c1Cl. The van der Waals surface area contributed by atoms with Crippen LogP contribution in [0.5, 0.6) is 0 Å². The van der Waals surface area contributed by atoms with Gasteiger partial charge in [-0.2, -0.15) is 0 Å². The molecule has 0 unspecified atom stereocenters. The van der Waals surface area contributed by atoms with Crippen LogP contribution in [0.3, 0.4) is 0 Å². The van der Waals surface area contributed by atoms with Crippen LogP contribution in [-0.2, 0) is 4.79 Å². The second-order valence-corrected chi connectivity index (χ2v) is 4.95. The van der Waals surface area contributed by atoms with Crippen molar-refractivity contribution in [1.29, 1.82) is 0 Å². The number of halogens is 2. The number of anilines is 2. The molecule has 0 aliphatic heterocycles. The largest absolute Gasteiger partial charge is 0.375 e. The highest BCUT2D eigenvalue weighted by Crippen LogP contribution is 2.39. The number of aromatic nitrogens is 1. The van der Waals surface area contributed by atoms with Gasteiger partial charge in [-0.25, -0.2) is 4.98 Å². The smallest absolute Gasteiger partial charge is 0.221 e. The van der Waals surface area contributed by atoms with E-state index in [0.717, 1.165) is 0 Å². The number of fused-ring (bicyclic) bond motifs is 1. The summed E-state index contributed by atoms with van der Waals surface area (Å²) in [5, 5.41) is 3.81. The van der Waals surface area contributed by atoms with Crippen LogP contribution in [-0.4, -0.2) is 10.9 Å². The maximum Gasteiger partial charge on any atom is 0.221 e. The Morgan fingerprint density at radius 3 is 2.88 bits per heavy atom. The molecule has 0 aliphatic carbocycles. The number of hydrogen-bond acceptors (Lipinski definition) is 4. The molecule has 2 aromatic rings. The van der Waals surface area contributed by atoms with Crippen molar-refractivity contribution in [2.45, 2.75) is 6.92 Å². The first kappa shape index (κ1) is 11.4. The average Bonchev–Trinajstić information content (AvgIpc) is 2.56. The van der Waals surface area contributed by atoms with Gasteiger partial charge in [-0.1, -0.05) is 34.5 Å². The van der Waals surface area contributed by atoms with Crippen LogP contribution in [0.1, 0.15) is 6.92 Å². The quantitative estimate of drug-likeness (QED) is 0.840. The zero-order valence-corrected chi connectivity index (χ0v) is 10.5. The number of nitrogens with zero attached hydrogens (tertiary/aromatic N) is 1. The van der Waals surface area contributed by atoms with E-state index in [1.165, 1.54) is 18.3 Å². The zero-order valence-electron chi connectivity index (χ0n) is 8.17. The fraction of sp³-hybridized carbons (Fsp3) is 0.111. The van der Waals surface area contributed by atoms with E-state index in [0.29, 0.717) is 31.1 Å². The lowest BCUT2D eigenvalue weighted by molar-refractivity contribution is -0.114. The molecule has 0 spiro atoms. The highest BCUT2D eigenvalue weighted by Gasteiger charge is 2.14. The molecular weight excluding hydrogens is 269 g/mol. The summed E-state index contributed by atoms with van der Waals surface area (Å²) in [6.07, 6.45) is 0. The number of hydrogen-bond donors (Lipinski definition) is 2. The lowest BCUT2D eigenvalue weighted by Gasteiger charge is -2.06. The summed E-state index contributed by atoms with van der Waals surface area (Å²) in [6, 6.07) is 1.56. The third-order valence-corrected chi connectivity index (χ3v) is 3.58. The van der Waals surface area contributed by atoms with Gasteiger partial charge in [0.15, 0.2) is 5.13 Å². The topological polar surface area (TPSA) is 68.0 Å². The van der Waals surface area contributed by atoms with Gasteiger partial charge in [-0.05, 0) is 6.07 Å². The summed E-state index contributed by atoms with van der Waals surface area (Å²) < 4.78 is 0.676. The molecule has 0 fully saturated rings. The van der Waals surface area contributed by atoms with Crippen LogP contribution in [0.2, 0.25) is 10.0 Å². The van der Waals surface area contributed by atoms with Gasteiger partial charge >= 0.3 is 0 Å². The summed E-state index contributed by atoms with van der Waals surface area (Å²) in [4.78, 5) is 15.0. The molecule has 7 heteroatoms. The van der Waals surface area contributed by atoms with Gasteiger partial charge in [-0.15, -0.1) is 0 Å². The Balaban J connectivity index is 2.69. The van der Waals surface area contributed by atoms with Crippen molar-refractivity contribution >= 4 is 61.5 Å². The molecule has 2 rings (SSSR count). The summed E-state index contributed by atoms with van der Waals surface area (Å²) in [6.45, 7) is 1.40. The predicted octanol–water partition coefficient (Wildman–Crippen LogP) is 3.14. The maximum absolute atomic E-state index is 11.0. The number of rotatable bonds is 1. The van der Waals surface area contributed by atoms with E-state index in [-0.39, 0.29) is 5.91 Å². The minimum absolute atomic E-state index is 0.213. The molecule has 1 aromatic carbocycles. The Kier molecular flexibility index (Phi) is 2.92. The second kappa shape index (κ2) is 4.08. The molecule has 0 aliphatic rings. The molecule has 0 radical (unpaired) electrons. The first-order valence-electron chi connectivity index (χ1n) is 4.30. The molecule has 0 saturated carbocycles. The number of carbonyl (C=O) groups excluding carboxylic acids is 1. The molecular formula is C9H7Cl2N3OS. The van der Waals surface area contributed by atoms with Crippen LogP contribution in [0.25, 0.3) is 10.2 Å². The molecule has 0 atom stereocenters. The highest BCUT2D eigenvalue weighted by molar-refractivity contribution is 7.22. The van der Waals surface area contributed by atoms with E-state index in [1.54, 1.807) is 6.07 Å². The lowest BCUT2D eigenvalue weighted by Crippen LogP contribution is -2.06. The average molecular weight is 276 g/mol. The van der Waals surface area contributed by atoms with Crippen LogP contribution < -0.4 is 11.1 Å². The van der Waals surface area contributed by atoms with E-state index in [1.807, 2.05) is 0 Å². The number of thiazole rings is 1. The molecule has 0 bridgehead atoms. The Morgan fingerprint density at radius 2 is 2.25 bits per heavy atom. The Morgan fingerprint density at radius 1 is 1.56 bits per heavy atom. The van der Waals surface area contributed by atoms with Crippen molar-refractivity contribution in [2.75, 3.05) is 11.1 Å². The van der Waals surface area contributed by atoms with Gasteiger partial charge in [-0.3, -0.25) is 4.79 Å². The molecule has 1 heterocycles. The summed E-state index contributed by atoms with van der Waals surface area (Å²) in [7, 11) is 0. The third-order valence-electron chi connectivity index (χ3n) is 1.89. The van der Waals surface area contributed by atoms with Gasteiger partial charge in [0, 0.05) is 6.92 Å². The number of nitrogens with two attached hydrogens (primary N) is 1. The van der Waals surface area contributed by atoms with Crippen molar-refractivity contribution < 1.29 is 4.79 Å². The molecule has 4 nitrogen and oxygen atoms in total. The zero-order chi connectivity index (χ0) is 11.9. The molecule has 1 aromatic heterocycles. The van der Waals surface area contributed by atoms with Crippen molar-refractivity contribution in [3.05, 3.63) is 16.1 Å². The van der Waals surface area contributed by atoms with Crippen molar-refractivity contribution in [3.63, 3.8) is 0 Å². The van der Waals surface area contributed by atoms with Crippen molar-refractivity contribution in [2.24, 2.45) is 0 Å². The van der Waals surface area contributed by atoms with Gasteiger partial charge in [0.25, 0.3) is 0 Å². The molecule has 16 heavy (non-hydrogen) atoms. The first-order chi connectivity index (χ1) is 7.49. The van der Waals surface area contributed by atoms with E-state index in [9.17, 15) is 4.79 Å². The van der Waals surface area contributed by atoms with Gasteiger partial charge in [0.2, 0.25) is 5.91 Å². The number of amides is 1. The van der Waals surface area contributed by atoms with Gasteiger partial charge in [0.05, 0.1) is 20.4 Å². The molecule has 3 N–H and O–H groups in total. The minimum Gasteiger partial charge on any atom is -0.375 e. The number of nitrogens with one attached hydrogen (secondary N) is 1. The van der Waals surface area contributed by atoms with Crippen LogP contribution in [0.15, 0.2) is 6.07 Å². The molecule has 1 amide bonds. The molecule has 84 valence electrons. The van der Waals surface area contributed by atoms with E-state index >= 15 is 0 Å². The van der Waals surface area contributed by atoms with Gasteiger partial charge in [0.1, 0.15) is 5.52 Å². The van der Waals surface area contributed by atoms with E-state index in [4.69, 9.17) is 28.9 Å². The van der Waals surface area contributed by atoms with Crippen molar-refractivity contribution in [1.82, 2.24) is 4.98 Å². The number of carbonyl (C=O) groups is 1. The van der Waals surface area contributed by atoms with Gasteiger partial charge < -0.3 is 11.1 Å². The summed E-state index contributed by atoms with van der Waals surface area (Å²) >= 11 is 13.4. The third kappa shape index (κ3) is 1.93. The maximum atomic E-state index is 11.0. The summed E-state index contributed by atoms with van der Waals surface area (Å²) in [5.74, 6) is -0.213. The number of nitrogen functional groups attached to an aromatic ring is 1. The predicted molar refractivity (Wildman–Crippen MR) is 68.4 cm³/mol. The van der Waals surface area contributed by atoms with Crippen LogP contribution in [0, 0.1) is 0 Å². The standard InChI is InChI=1S/C9H7Cl2N3OS/c1-3(15)13-5-2-4(10)7-8(6(5)11)16-9(12)14-7/h2H,1H3,(H2,12,14)(H,13,15). The monoisotopic (exact) mass is 275 g/mol.